The third-order valence-electron chi connectivity index (χ3n) is 5.87. The second-order valence-electron chi connectivity index (χ2n) is 7.54. The summed E-state index contributed by atoms with van der Waals surface area (Å²) >= 11 is 0. The van der Waals surface area contributed by atoms with Crippen LogP contribution in [0, 0.1) is 0 Å². The number of esters is 1. The predicted molar refractivity (Wildman–Crippen MR) is 103 cm³/mol. The van der Waals surface area contributed by atoms with Gasteiger partial charge in [-0.2, -0.15) is 0 Å². The second kappa shape index (κ2) is 7.00. The van der Waals surface area contributed by atoms with E-state index in [1.165, 1.54) is 6.33 Å². The van der Waals surface area contributed by atoms with Crippen molar-refractivity contribution in [2.75, 3.05) is 20.3 Å². The van der Waals surface area contributed by atoms with Gasteiger partial charge in [0.15, 0.2) is 0 Å². The van der Waals surface area contributed by atoms with Gasteiger partial charge in [0, 0.05) is 36.5 Å². The number of morpholine rings is 1. The molecule has 7 heteroatoms. The van der Waals surface area contributed by atoms with E-state index in [2.05, 4.69) is 21.9 Å². The summed E-state index contributed by atoms with van der Waals surface area (Å²) in [6.45, 7) is 1.41. The summed E-state index contributed by atoms with van der Waals surface area (Å²) in [7, 11) is 2.13. The van der Waals surface area contributed by atoms with Crippen LogP contribution in [0.2, 0.25) is 0 Å². The van der Waals surface area contributed by atoms with Gasteiger partial charge < -0.3 is 14.0 Å². The first-order chi connectivity index (χ1) is 13.7. The highest BCUT2D eigenvalue weighted by atomic mass is 16.5. The Labute approximate surface area is 162 Å². The van der Waals surface area contributed by atoms with E-state index in [9.17, 15) is 4.79 Å². The van der Waals surface area contributed by atoms with Gasteiger partial charge in [-0.15, -0.1) is 0 Å². The Morgan fingerprint density at radius 1 is 1.14 bits per heavy atom. The molecule has 0 spiro atoms. The molecule has 2 aliphatic rings. The summed E-state index contributed by atoms with van der Waals surface area (Å²) in [5, 5.41) is 0.868. The molecule has 0 radical (unpaired) electrons. The van der Waals surface area contributed by atoms with Crippen LogP contribution in [0.25, 0.3) is 16.6 Å². The van der Waals surface area contributed by atoms with Gasteiger partial charge in [-0.05, 0) is 13.1 Å². The maximum absolute atomic E-state index is 13.1. The van der Waals surface area contributed by atoms with Crippen molar-refractivity contribution in [1.82, 2.24) is 19.4 Å². The van der Waals surface area contributed by atoms with Crippen LogP contribution in [-0.4, -0.2) is 63.9 Å². The van der Waals surface area contributed by atoms with Crippen LogP contribution in [0.1, 0.15) is 23.2 Å². The van der Waals surface area contributed by atoms with Crippen LogP contribution < -0.4 is 0 Å². The highest BCUT2D eigenvalue weighted by Gasteiger charge is 2.38. The van der Waals surface area contributed by atoms with Gasteiger partial charge in [-0.3, -0.25) is 4.90 Å². The number of fused-ring (bicyclic) bond motifs is 3. The predicted octanol–water partition coefficient (Wildman–Crippen LogP) is 2.44. The van der Waals surface area contributed by atoms with E-state index < -0.39 is 0 Å². The first kappa shape index (κ1) is 17.3. The molecule has 2 aromatic heterocycles. The van der Waals surface area contributed by atoms with Crippen LogP contribution >= 0.6 is 0 Å². The number of hydrogen-bond donors (Lipinski definition) is 0. The van der Waals surface area contributed by atoms with E-state index >= 15 is 0 Å². The van der Waals surface area contributed by atoms with E-state index in [1.54, 1.807) is 12.4 Å². The van der Waals surface area contributed by atoms with Crippen molar-refractivity contribution < 1.29 is 14.3 Å². The number of likely N-dealkylation sites (N-methyl/N-ethyl adjacent to an activating group) is 1. The number of carbonyl (C=O) groups excluding carboxylic acids is 1. The van der Waals surface area contributed by atoms with E-state index in [1.807, 2.05) is 35.0 Å². The van der Waals surface area contributed by atoms with Gasteiger partial charge in [0.1, 0.15) is 12.4 Å². The molecule has 0 aliphatic carbocycles. The van der Waals surface area contributed by atoms with Crippen LogP contribution in [0.4, 0.5) is 0 Å². The van der Waals surface area contributed by atoms with Gasteiger partial charge in [-0.25, -0.2) is 14.8 Å². The Bertz CT molecular complexity index is 989. The maximum Gasteiger partial charge on any atom is 0.340 e. The molecule has 0 saturated carbocycles. The Balaban J connectivity index is 1.44. The lowest BCUT2D eigenvalue weighted by Crippen LogP contribution is -2.56. The largest absolute Gasteiger partial charge is 0.459 e. The minimum atomic E-state index is -0.277. The van der Waals surface area contributed by atoms with E-state index in [-0.39, 0.29) is 12.1 Å². The van der Waals surface area contributed by atoms with E-state index in [0.717, 1.165) is 29.4 Å². The standard InChI is InChI=1S/C21H22N4O3/c1-24-14-6-17(7-15(24)12-27-11-14)28-21(26)19-10-25(16-8-22-13-23-9-16)20-5-3-2-4-18(19)20/h2-5,8-10,13-15,17H,6-7,11-12H2,1H3/t14-,15+,17?. The first-order valence-electron chi connectivity index (χ1n) is 9.57. The molecule has 1 unspecified atom stereocenters. The molecule has 2 fully saturated rings. The number of carbonyl (C=O) groups is 1. The highest BCUT2D eigenvalue weighted by molar-refractivity contribution is 6.05. The maximum atomic E-state index is 13.1. The summed E-state index contributed by atoms with van der Waals surface area (Å²) in [6, 6.07) is 8.44. The number of rotatable bonds is 3. The number of aromatic nitrogens is 3. The molecule has 144 valence electrons. The Morgan fingerprint density at radius 3 is 2.61 bits per heavy atom. The van der Waals surface area contributed by atoms with Crippen molar-refractivity contribution in [3.63, 3.8) is 0 Å². The summed E-state index contributed by atoms with van der Waals surface area (Å²) in [6.07, 6.45) is 8.31. The number of para-hydroxylation sites is 1. The van der Waals surface area contributed by atoms with Gasteiger partial charge in [-0.1, -0.05) is 18.2 Å². The highest BCUT2D eigenvalue weighted by Crippen LogP contribution is 2.30. The summed E-state index contributed by atoms with van der Waals surface area (Å²) in [5.41, 5.74) is 2.31. The minimum absolute atomic E-state index is 0.0789. The quantitative estimate of drug-likeness (QED) is 0.652. The van der Waals surface area contributed by atoms with Crippen molar-refractivity contribution in [3.8, 4) is 5.69 Å². The SMILES string of the molecule is CN1[C@@H]2COC[C@H]1CC(OC(=O)c1cn(-c3cncnc3)c3ccccc13)C2. The fraction of sp³-hybridized carbons (Fsp3) is 0.381. The monoisotopic (exact) mass is 378 g/mol. The normalized spacial score (nSPS) is 25.0. The Hall–Kier alpha value is -2.77. The lowest BCUT2D eigenvalue weighted by molar-refractivity contribution is -0.0970. The third kappa shape index (κ3) is 2.96. The summed E-state index contributed by atoms with van der Waals surface area (Å²) in [5.74, 6) is -0.277. The van der Waals surface area contributed by atoms with Crippen molar-refractivity contribution in [2.24, 2.45) is 0 Å². The summed E-state index contributed by atoms with van der Waals surface area (Å²) < 4.78 is 13.5. The molecule has 28 heavy (non-hydrogen) atoms. The molecule has 3 aromatic rings. The topological polar surface area (TPSA) is 69.5 Å². The molecule has 0 amide bonds. The zero-order valence-corrected chi connectivity index (χ0v) is 15.7. The zero-order chi connectivity index (χ0) is 19.1. The third-order valence-corrected chi connectivity index (χ3v) is 5.87. The smallest absolute Gasteiger partial charge is 0.340 e. The molecule has 0 N–H and O–H groups in total. The van der Waals surface area contributed by atoms with Crippen molar-refractivity contribution >= 4 is 16.9 Å². The van der Waals surface area contributed by atoms with Crippen LogP contribution in [-0.2, 0) is 9.47 Å². The molecule has 2 aliphatic heterocycles. The number of piperidine rings is 1. The number of benzene rings is 1. The van der Waals surface area contributed by atoms with Gasteiger partial charge in [0.2, 0.25) is 0 Å². The van der Waals surface area contributed by atoms with Crippen molar-refractivity contribution in [2.45, 2.75) is 31.0 Å². The van der Waals surface area contributed by atoms with Crippen molar-refractivity contribution in [3.05, 3.63) is 54.7 Å². The number of nitrogens with zero attached hydrogens (tertiary/aromatic N) is 4. The van der Waals surface area contributed by atoms with Gasteiger partial charge in [0.25, 0.3) is 0 Å². The molecular weight excluding hydrogens is 356 g/mol. The first-order valence-corrected chi connectivity index (χ1v) is 9.57. The molecule has 3 atom stereocenters. The second-order valence-corrected chi connectivity index (χ2v) is 7.54. The zero-order valence-electron chi connectivity index (χ0n) is 15.7. The molecule has 1 aromatic carbocycles. The molecule has 5 rings (SSSR count). The van der Waals surface area contributed by atoms with Crippen LogP contribution in [0.15, 0.2) is 49.2 Å². The minimum Gasteiger partial charge on any atom is -0.459 e. The van der Waals surface area contributed by atoms with Gasteiger partial charge in [0.05, 0.1) is 42.4 Å². The average Bonchev–Trinajstić information content (AvgIpc) is 3.09. The molecule has 2 saturated heterocycles. The van der Waals surface area contributed by atoms with Gasteiger partial charge >= 0.3 is 5.97 Å². The molecular formula is C21H22N4O3. The molecule has 4 heterocycles. The van der Waals surface area contributed by atoms with E-state index in [4.69, 9.17) is 9.47 Å². The summed E-state index contributed by atoms with van der Waals surface area (Å²) in [4.78, 5) is 23.6. The number of ether oxygens (including phenoxy) is 2. The van der Waals surface area contributed by atoms with E-state index in [0.29, 0.717) is 30.9 Å². The fourth-order valence-corrected chi connectivity index (χ4v) is 4.33. The van der Waals surface area contributed by atoms with Crippen LogP contribution in [0.3, 0.4) is 0 Å². The Kier molecular flexibility index (Phi) is 4.33. The lowest BCUT2D eigenvalue weighted by Gasteiger charge is -2.46. The van der Waals surface area contributed by atoms with Crippen molar-refractivity contribution in [1.29, 1.82) is 0 Å². The average molecular weight is 378 g/mol. The molecule has 7 nitrogen and oxygen atoms in total. The lowest BCUT2D eigenvalue weighted by atomic mass is 9.92. The molecule has 2 bridgehead atoms. The van der Waals surface area contributed by atoms with Crippen LogP contribution in [0.5, 0.6) is 0 Å². The number of hydrogen-bond acceptors (Lipinski definition) is 6. The Morgan fingerprint density at radius 2 is 1.86 bits per heavy atom. The fourth-order valence-electron chi connectivity index (χ4n) is 4.33.